The molecule has 2 aliphatic rings. The van der Waals surface area contributed by atoms with Crippen LogP contribution < -0.4 is 5.32 Å². The number of hydrogen-bond acceptors (Lipinski definition) is 3. The molecule has 82 valence electrons. The Morgan fingerprint density at radius 3 is 2.80 bits per heavy atom. The van der Waals surface area contributed by atoms with E-state index in [1.165, 1.54) is 28.0 Å². The number of ether oxygens (including phenoxy) is 1. The lowest BCUT2D eigenvalue weighted by Gasteiger charge is -2.45. The summed E-state index contributed by atoms with van der Waals surface area (Å²) in [5, 5.41) is 3.62. The summed E-state index contributed by atoms with van der Waals surface area (Å²) in [6.45, 7) is 2.94. The molecular formula is C11H14BrNOS. The summed E-state index contributed by atoms with van der Waals surface area (Å²) >= 11 is 5.40. The molecule has 2 fully saturated rings. The first kappa shape index (κ1) is 10.3. The molecule has 0 bridgehead atoms. The predicted octanol–water partition coefficient (Wildman–Crippen LogP) is 2.53. The second kappa shape index (κ2) is 3.84. The van der Waals surface area contributed by atoms with E-state index in [9.17, 15) is 0 Å². The maximum Gasteiger partial charge on any atom is 0.0701 e. The molecule has 0 radical (unpaired) electrons. The fraction of sp³-hybridized carbons (Fsp3) is 0.636. The van der Waals surface area contributed by atoms with Crippen molar-refractivity contribution >= 4 is 27.3 Å². The van der Waals surface area contributed by atoms with Crippen LogP contribution in [-0.4, -0.2) is 25.8 Å². The molecule has 1 unspecified atom stereocenters. The van der Waals surface area contributed by atoms with Crippen molar-refractivity contribution in [1.82, 2.24) is 5.32 Å². The molecule has 1 aromatic heterocycles. The van der Waals surface area contributed by atoms with Crippen molar-refractivity contribution in [3.8, 4) is 0 Å². The summed E-state index contributed by atoms with van der Waals surface area (Å²) in [5.74, 6) is 0. The highest BCUT2D eigenvalue weighted by Gasteiger charge is 2.48. The van der Waals surface area contributed by atoms with Gasteiger partial charge in [0.1, 0.15) is 0 Å². The highest BCUT2D eigenvalue weighted by Crippen LogP contribution is 2.43. The van der Waals surface area contributed by atoms with Crippen molar-refractivity contribution in [3.05, 3.63) is 20.8 Å². The Morgan fingerprint density at radius 1 is 1.47 bits per heavy atom. The van der Waals surface area contributed by atoms with Gasteiger partial charge in [0.15, 0.2) is 0 Å². The van der Waals surface area contributed by atoms with E-state index in [1.807, 2.05) is 11.3 Å². The zero-order valence-electron chi connectivity index (χ0n) is 8.46. The Kier molecular flexibility index (Phi) is 2.63. The van der Waals surface area contributed by atoms with Crippen molar-refractivity contribution in [2.45, 2.75) is 24.3 Å². The number of rotatable bonds is 2. The number of halogens is 1. The van der Waals surface area contributed by atoms with E-state index in [0.717, 1.165) is 13.2 Å². The Balaban J connectivity index is 1.91. The molecule has 3 heterocycles. The van der Waals surface area contributed by atoms with Gasteiger partial charge in [-0.05, 0) is 47.4 Å². The van der Waals surface area contributed by atoms with Crippen LogP contribution in [0.5, 0.6) is 0 Å². The summed E-state index contributed by atoms with van der Waals surface area (Å²) in [7, 11) is 0. The first-order valence-corrected chi connectivity index (χ1v) is 6.99. The van der Waals surface area contributed by atoms with Gasteiger partial charge in [0.25, 0.3) is 0 Å². The van der Waals surface area contributed by atoms with Gasteiger partial charge in [-0.15, -0.1) is 11.3 Å². The smallest absolute Gasteiger partial charge is 0.0701 e. The van der Waals surface area contributed by atoms with Crippen LogP contribution in [0.1, 0.15) is 17.7 Å². The maximum absolute atomic E-state index is 5.47. The molecule has 0 amide bonds. The normalized spacial score (nSPS) is 29.0. The van der Waals surface area contributed by atoms with Crippen molar-refractivity contribution in [2.24, 2.45) is 0 Å². The van der Waals surface area contributed by atoms with Gasteiger partial charge in [0, 0.05) is 10.9 Å². The topological polar surface area (TPSA) is 21.3 Å². The minimum atomic E-state index is 0.271. The van der Waals surface area contributed by atoms with Crippen LogP contribution in [0, 0.1) is 0 Å². The first-order chi connectivity index (χ1) is 7.31. The summed E-state index contributed by atoms with van der Waals surface area (Å²) in [4.78, 5) is 1.47. The SMILES string of the molecule is Brc1ccc(C2(C3CCCN3)COC2)s1. The van der Waals surface area contributed by atoms with Crippen LogP contribution in [0.2, 0.25) is 0 Å². The van der Waals surface area contributed by atoms with E-state index in [-0.39, 0.29) is 5.41 Å². The first-order valence-electron chi connectivity index (χ1n) is 5.38. The van der Waals surface area contributed by atoms with Gasteiger partial charge in [0.2, 0.25) is 0 Å². The quantitative estimate of drug-likeness (QED) is 0.903. The maximum atomic E-state index is 5.47. The van der Waals surface area contributed by atoms with Gasteiger partial charge in [-0.2, -0.15) is 0 Å². The second-order valence-corrected chi connectivity index (χ2v) is 6.86. The van der Waals surface area contributed by atoms with Gasteiger partial charge in [-0.3, -0.25) is 0 Å². The second-order valence-electron chi connectivity index (χ2n) is 4.40. The van der Waals surface area contributed by atoms with Crippen molar-refractivity contribution in [2.75, 3.05) is 19.8 Å². The van der Waals surface area contributed by atoms with Gasteiger partial charge < -0.3 is 10.1 Å². The van der Waals surface area contributed by atoms with E-state index >= 15 is 0 Å². The minimum Gasteiger partial charge on any atom is -0.379 e. The molecule has 3 rings (SSSR count). The Labute approximate surface area is 102 Å². The Hall–Kier alpha value is 0.1000. The number of thiophene rings is 1. The molecule has 0 aromatic carbocycles. The van der Waals surface area contributed by atoms with Crippen molar-refractivity contribution in [3.63, 3.8) is 0 Å². The fourth-order valence-corrected chi connectivity index (χ4v) is 4.18. The highest BCUT2D eigenvalue weighted by atomic mass is 79.9. The summed E-state index contributed by atoms with van der Waals surface area (Å²) in [6, 6.07) is 5.02. The minimum absolute atomic E-state index is 0.271. The third kappa shape index (κ3) is 1.58. The van der Waals surface area contributed by atoms with Crippen LogP contribution >= 0.6 is 27.3 Å². The monoisotopic (exact) mass is 287 g/mol. The molecule has 2 aliphatic heterocycles. The molecule has 15 heavy (non-hydrogen) atoms. The van der Waals surface area contributed by atoms with E-state index in [2.05, 4.69) is 33.4 Å². The Morgan fingerprint density at radius 2 is 2.33 bits per heavy atom. The summed E-state index contributed by atoms with van der Waals surface area (Å²) in [6.07, 6.45) is 2.60. The zero-order chi connectivity index (χ0) is 10.3. The van der Waals surface area contributed by atoms with E-state index < -0.39 is 0 Å². The van der Waals surface area contributed by atoms with Crippen molar-refractivity contribution < 1.29 is 4.74 Å². The number of nitrogens with one attached hydrogen (secondary N) is 1. The van der Waals surface area contributed by atoms with Crippen LogP contribution in [0.4, 0.5) is 0 Å². The highest BCUT2D eigenvalue weighted by molar-refractivity contribution is 9.11. The molecule has 2 saturated heterocycles. The van der Waals surface area contributed by atoms with Crippen LogP contribution in [0.15, 0.2) is 15.9 Å². The lowest BCUT2D eigenvalue weighted by atomic mass is 9.76. The third-order valence-electron chi connectivity index (χ3n) is 3.51. The Bertz CT molecular complexity index is 355. The van der Waals surface area contributed by atoms with Gasteiger partial charge in [-0.1, -0.05) is 0 Å². The predicted molar refractivity (Wildman–Crippen MR) is 65.5 cm³/mol. The van der Waals surface area contributed by atoms with Gasteiger partial charge >= 0.3 is 0 Å². The molecule has 0 saturated carbocycles. The number of hydrogen-bond donors (Lipinski definition) is 1. The lowest BCUT2D eigenvalue weighted by molar-refractivity contribution is -0.0741. The van der Waals surface area contributed by atoms with E-state index in [4.69, 9.17) is 4.74 Å². The van der Waals surface area contributed by atoms with Crippen molar-refractivity contribution in [1.29, 1.82) is 0 Å². The van der Waals surface area contributed by atoms with Crippen LogP contribution in [-0.2, 0) is 10.2 Å². The summed E-state index contributed by atoms with van der Waals surface area (Å²) in [5.41, 5.74) is 0.271. The molecule has 4 heteroatoms. The zero-order valence-corrected chi connectivity index (χ0v) is 10.9. The van der Waals surface area contributed by atoms with Crippen LogP contribution in [0.25, 0.3) is 0 Å². The van der Waals surface area contributed by atoms with Crippen LogP contribution in [0.3, 0.4) is 0 Å². The summed E-state index contributed by atoms with van der Waals surface area (Å²) < 4.78 is 6.69. The molecule has 0 aliphatic carbocycles. The average molecular weight is 288 g/mol. The van der Waals surface area contributed by atoms with E-state index in [1.54, 1.807) is 0 Å². The van der Waals surface area contributed by atoms with Gasteiger partial charge in [-0.25, -0.2) is 0 Å². The molecule has 1 atom stereocenters. The largest absolute Gasteiger partial charge is 0.379 e. The lowest BCUT2D eigenvalue weighted by Crippen LogP contribution is -2.58. The fourth-order valence-electron chi connectivity index (χ4n) is 2.58. The standard InChI is InChI=1S/C11H14BrNOS/c12-10-4-3-9(15-10)11(6-14-7-11)8-2-1-5-13-8/h3-4,8,13H,1-2,5-7H2. The average Bonchev–Trinajstić information content (AvgIpc) is 2.75. The molecule has 1 aromatic rings. The van der Waals surface area contributed by atoms with E-state index in [0.29, 0.717) is 6.04 Å². The molecule has 0 spiro atoms. The molecular weight excluding hydrogens is 274 g/mol. The third-order valence-corrected chi connectivity index (χ3v) is 5.35. The molecule has 2 nitrogen and oxygen atoms in total. The molecule has 1 N–H and O–H groups in total. The van der Waals surface area contributed by atoms with Gasteiger partial charge in [0.05, 0.1) is 22.4 Å².